The van der Waals surface area contributed by atoms with Gasteiger partial charge in [0.15, 0.2) is 0 Å². The van der Waals surface area contributed by atoms with Gasteiger partial charge < -0.3 is 4.74 Å². The smallest absolute Gasteiger partial charge is 0.344 e. The fraction of sp³-hybridized carbons (Fsp3) is 0.188. The number of esters is 1. The Kier molecular flexibility index (Phi) is 3.47. The highest BCUT2D eigenvalue weighted by Crippen LogP contribution is 2.18. The zero-order valence-electron chi connectivity index (χ0n) is 10.9. The minimum atomic E-state index is -0.297. The molecule has 0 atom stereocenters. The predicted octanol–water partition coefficient (Wildman–Crippen LogP) is 3.83. The van der Waals surface area contributed by atoms with Crippen molar-refractivity contribution in [3.05, 3.63) is 64.7 Å². The van der Waals surface area contributed by atoms with Crippen LogP contribution in [-0.2, 0) is 0 Å². The van der Waals surface area contributed by atoms with Gasteiger partial charge in [0.2, 0.25) is 0 Å². The highest BCUT2D eigenvalue weighted by atomic mass is 16.5. The molecule has 0 amide bonds. The Bertz CT molecular complexity index is 548. The Hall–Kier alpha value is -2.09. The van der Waals surface area contributed by atoms with Crippen molar-refractivity contribution in [2.45, 2.75) is 20.8 Å². The molecule has 0 aliphatic carbocycles. The first kappa shape index (κ1) is 12.4. The lowest BCUT2D eigenvalue weighted by Crippen LogP contribution is -2.12. The molecule has 2 aromatic carbocycles. The first-order valence-corrected chi connectivity index (χ1v) is 5.93. The van der Waals surface area contributed by atoms with Crippen LogP contribution in [0.3, 0.4) is 0 Å². The van der Waals surface area contributed by atoms with Crippen LogP contribution in [0.4, 0.5) is 0 Å². The maximum absolute atomic E-state index is 12.1. The molecule has 92 valence electrons. The summed E-state index contributed by atoms with van der Waals surface area (Å²) in [6, 6.07) is 13.2. The quantitative estimate of drug-likeness (QED) is 0.589. The first-order valence-electron chi connectivity index (χ1n) is 5.93. The summed E-state index contributed by atoms with van der Waals surface area (Å²) in [4.78, 5) is 12.1. The largest absolute Gasteiger partial charge is 0.423 e. The second kappa shape index (κ2) is 5.05. The minimum Gasteiger partial charge on any atom is -0.423 e. The van der Waals surface area contributed by atoms with E-state index in [1.807, 2.05) is 51.1 Å². The van der Waals surface area contributed by atoms with Gasteiger partial charge in [0, 0.05) is 0 Å². The average Bonchev–Trinajstić information content (AvgIpc) is 2.32. The molecule has 0 radical (unpaired) electrons. The highest BCUT2D eigenvalue weighted by Gasteiger charge is 2.13. The molecule has 0 N–H and O–H groups in total. The molecule has 0 aromatic heterocycles. The molecule has 2 nitrogen and oxygen atoms in total. The van der Waals surface area contributed by atoms with E-state index in [2.05, 4.69) is 0 Å². The van der Waals surface area contributed by atoms with Gasteiger partial charge in [0.05, 0.1) is 5.56 Å². The van der Waals surface area contributed by atoms with Crippen LogP contribution >= 0.6 is 0 Å². The number of ether oxygens (including phenoxy) is 1. The Labute approximate surface area is 107 Å². The van der Waals surface area contributed by atoms with Crippen molar-refractivity contribution in [3.8, 4) is 5.75 Å². The molecule has 2 aromatic rings. The van der Waals surface area contributed by atoms with E-state index in [1.54, 1.807) is 12.1 Å². The third-order valence-electron chi connectivity index (χ3n) is 2.92. The molecule has 2 rings (SSSR count). The average molecular weight is 240 g/mol. The van der Waals surface area contributed by atoms with Gasteiger partial charge >= 0.3 is 5.97 Å². The summed E-state index contributed by atoms with van der Waals surface area (Å²) in [5, 5.41) is 0. The van der Waals surface area contributed by atoms with Gasteiger partial charge in [-0.2, -0.15) is 0 Å². The maximum atomic E-state index is 12.1. The van der Waals surface area contributed by atoms with Crippen molar-refractivity contribution in [1.29, 1.82) is 0 Å². The SMILES string of the molecule is Cc1ccc(OC(=O)c2c(C)cccc2C)cc1. The summed E-state index contributed by atoms with van der Waals surface area (Å²) < 4.78 is 5.38. The summed E-state index contributed by atoms with van der Waals surface area (Å²) >= 11 is 0. The number of aryl methyl sites for hydroxylation is 3. The molecule has 0 heterocycles. The van der Waals surface area contributed by atoms with E-state index in [0.29, 0.717) is 11.3 Å². The molecule has 0 aliphatic heterocycles. The van der Waals surface area contributed by atoms with E-state index in [-0.39, 0.29) is 5.97 Å². The van der Waals surface area contributed by atoms with Gasteiger partial charge in [-0.3, -0.25) is 0 Å². The number of hydrogen-bond acceptors (Lipinski definition) is 2. The summed E-state index contributed by atoms with van der Waals surface area (Å²) in [7, 11) is 0. The summed E-state index contributed by atoms with van der Waals surface area (Å²) in [5.41, 5.74) is 3.67. The minimum absolute atomic E-state index is 0.297. The van der Waals surface area contributed by atoms with E-state index < -0.39 is 0 Å². The van der Waals surface area contributed by atoms with E-state index in [4.69, 9.17) is 4.74 Å². The molecule has 0 unspecified atom stereocenters. The second-order valence-corrected chi connectivity index (χ2v) is 4.47. The van der Waals surface area contributed by atoms with Crippen molar-refractivity contribution >= 4 is 5.97 Å². The van der Waals surface area contributed by atoms with Crippen molar-refractivity contribution < 1.29 is 9.53 Å². The summed E-state index contributed by atoms with van der Waals surface area (Å²) in [6.45, 7) is 5.83. The van der Waals surface area contributed by atoms with Gasteiger partial charge in [-0.05, 0) is 44.0 Å². The van der Waals surface area contributed by atoms with E-state index in [9.17, 15) is 4.79 Å². The molecule has 0 fully saturated rings. The Morgan fingerprint density at radius 1 is 0.889 bits per heavy atom. The Morgan fingerprint density at radius 2 is 1.44 bits per heavy atom. The van der Waals surface area contributed by atoms with E-state index in [0.717, 1.165) is 16.7 Å². The van der Waals surface area contributed by atoms with Crippen LogP contribution in [0, 0.1) is 20.8 Å². The van der Waals surface area contributed by atoms with Crippen molar-refractivity contribution in [3.63, 3.8) is 0 Å². The third-order valence-corrected chi connectivity index (χ3v) is 2.92. The normalized spacial score (nSPS) is 10.2. The fourth-order valence-corrected chi connectivity index (χ4v) is 1.90. The number of carbonyl (C=O) groups is 1. The molecular formula is C16H16O2. The van der Waals surface area contributed by atoms with Crippen LogP contribution in [0.25, 0.3) is 0 Å². The molecular weight excluding hydrogens is 224 g/mol. The Balaban J connectivity index is 2.25. The number of hydrogen-bond donors (Lipinski definition) is 0. The number of benzene rings is 2. The van der Waals surface area contributed by atoms with E-state index >= 15 is 0 Å². The molecule has 0 saturated heterocycles. The molecule has 2 heteroatoms. The van der Waals surface area contributed by atoms with Gasteiger partial charge in [-0.25, -0.2) is 4.79 Å². The number of carbonyl (C=O) groups excluding carboxylic acids is 1. The van der Waals surface area contributed by atoms with Crippen molar-refractivity contribution in [2.24, 2.45) is 0 Å². The molecule has 0 spiro atoms. The van der Waals surface area contributed by atoms with Gasteiger partial charge in [-0.15, -0.1) is 0 Å². The summed E-state index contributed by atoms with van der Waals surface area (Å²) in [6.07, 6.45) is 0. The third kappa shape index (κ3) is 2.59. The van der Waals surface area contributed by atoms with Crippen LogP contribution in [0.5, 0.6) is 5.75 Å². The topological polar surface area (TPSA) is 26.3 Å². The van der Waals surface area contributed by atoms with Crippen LogP contribution in [0.15, 0.2) is 42.5 Å². The first-order chi connectivity index (χ1) is 8.58. The lowest BCUT2D eigenvalue weighted by molar-refractivity contribution is 0.0733. The monoisotopic (exact) mass is 240 g/mol. The predicted molar refractivity (Wildman–Crippen MR) is 72.1 cm³/mol. The van der Waals surface area contributed by atoms with Crippen molar-refractivity contribution in [1.82, 2.24) is 0 Å². The molecule has 0 saturated carbocycles. The van der Waals surface area contributed by atoms with E-state index in [1.165, 1.54) is 0 Å². The van der Waals surface area contributed by atoms with Crippen molar-refractivity contribution in [2.75, 3.05) is 0 Å². The van der Waals surface area contributed by atoms with Gasteiger partial charge in [0.25, 0.3) is 0 Å². The fourth-order valence-electron chi connectivity index (χ4n) is 1.90. The van der Waals surface area contributed by atoms with Crippen LogP contribution in [-0.4, -0.2) is 5.97 Å². The van der Waals surface area contributed by atoms with Crippen LogP contribution < -0.4 is 4.74 Å². The van der Waals surface area contributed by atoms with Crippen LogP contribution in [0.1, 0.15) is 27.0 Å². The lowest BCUT2D eigenvalue weighted by Gasteiger charge is -2.09. The Morgan fingerprint density at radius 3 is 2.00 bits per heavy atom. The molecule has 0 aliphatic rings. The zero-order chi connectivity index (χ0) is 13.1. The second-order valence-electron chi connectivity index (χ2n) is 4.47. The van der Waals surface area contributed by atoms with Crippen LogP contribution in [0.2, 0.25) is 0 Å². The zero-order valence-corrected chi connectivity index (χ0v) is 10.9. The molecule has 18 heavy (non-hydrogen) atoms. The number of rotatable bonds is 2. The highest BCUT2D eigenvalue weighted by molar-refractivity contribution is 5.94. The van der Waals surface area contributed by atoms with Gasteiger partial charge in [-0.1, -0.05) is 35.9 Å². The standard InChI is InChI=1S/C16H16O2/c1-11-7-9-14(10-8-11)18-16(17)15-12(2)5-4-6-13(15)3/h4-10H,1-3H3. The maximum Gasteiger partial charge on any atom is 0.344 e. The van der Waals surface area contributed by atoms with Gasteiger partial charge in [0.1, 0.15) is 5.75 Å². The molecule has 0 bridgehead atoms. The summed E-state index contributed by atoms with van der Waals surface area (Å²) in [5.74, 6) is 0.280. The lowest BCUT2D eigenvalue weighted by atomic mass is 10.0.